The number of para-hydroxylation sites is 1. The molecule has 0 aliphatic heterocycles. The van der Waals surface area contributed by atoms with Crippen LogP contribution in [0.25, 0.3) is 16.8 Å². The molecule has 0 saturated heterocycles. The summed E-state index contributed by atoms with van der Waals surface area (Å²) < 4.78 is 53.9. The van der Waals surface area contributed by atoms with Crippen molar-refractivity contribution in [1.82, 2.24) is 9.55 Å². The van der Waals surface area contributed by atoms with Crippen molar-refractivity contribution in [2.24, 2.45) is 5.92 Å². The number of rotatable bonds is 9. The van der Waals surface area contributed by atoms with Gasteiger partial charge in [0.2, 0.25) is 15.7 Å². The van der Waals surface area contributed by atoms with Gasteiger partial charge in [0, 0.05) is 12.0 Å². The van der Waals surface area contributed by atoms with Gasteiger partial charge in [-0.1, -0.05) is 50.2 Å². The van der Waals surface area contributed by atoms with E-state index < -0.39 is 32.0 Å². The van der Waals surface area contributed by atoms with Crippen LogP contribution in [-0.4, -0.2) is 37.3 Å². The molecule has 0 radical (unpaired) electrons. The first-order valence-corrected chi connectivity index (χ1v) is 13.7. The fourth-order valence-electron chi connectivity index (χ4n) is 4.32. The Kier molecular flexibility index (Phi) is 8.06. The molecule has 0 amide bonds. The van der Waals surface area contributed by atoms with Gasteiger partial charge in [0.15, 0.2) is 4.90 Å². The summed E-state index contributed by atoms with van der Waals surface area (Å²) in [5, 5.41) is 11.6. The number of aryl methyl sites for hydroxylation is 1. The molecule has 4 aromatic rings. The zero-order valence-corrected chi connectivity index (χ0v) is 22.8. The first kappa shape index (κ1) is 27.8. The van der Waals surface area contributed by atoms with Crippen molar-refractivity contribution in [3.05, 3.63) is 88.7 Å². The molecule has 0 aliphatic rings. The molecule has 1 aromatic heterocycles. The summed E-state index contributed by atoms with van der Waals surface area (Å²) in [5.74, 6) is -0.355. The van der Waals surface area contributed by atoms with Gasteiger partial charge < -0.3 is 14.6 Å². The number of benzene rings is 3. The number of hydrogen-bond donors (Lipinski definition) is 1. The highest BCUT2D eigenvalue weighted by Crippen LogP contribution is 2.39. The summed E-state index contributed by atoms with van der Waals surface area (Å²) in [6.07, 6.45) is 0.886. The first-order valence-electron chi connectivity index (χ1n) is 12.3. The van der Waals surface area contributed by atoms with Gasteiger partial charge >= 0.3 is 0 Å². The maximum absolute atomic E-state index is 14.1. The van der Waals surface area contributed by atoms with E-state index >= 15 is 0 Å². The molecule has 10 heteroatoms. The average Bonchev–Trinajstić information content (AvgIpc) is 2.91. The zero-order valence-electron chi connectivity index (χ0n) is 22.0. The topological polar surface area (TPSA) is 108 Å². The Labute approximate surface area is 226 Å². The Bertz CT molecular complexity index is 1640. The monoisotopic (exact) mass is 552 g/mol. The van der Waals surface area contributed by atoms with E-state index in [1.807, 2.05) is 13.8 Å². The molecule has 0 bridgehead atoms. The molecule has 0 atom stereocenters. The fourth-order valence-corrected chi connectivity index (χ4v) is 5.88. The van der Waals surface area contributed by atoms with E-state index in [4.69, 9.17) is 9.47 Å². The van der Waals surface area contributed by atoms with E-state index in [1.54, 1.807) is 30.3 Å². The van der Waals surface area contributed by atoms with Gasteiger partial charge in [0.25, 0.3) is 5.56 Å². The summed E-state index contributed by atoms with van der Waals surface area (Å²) in [5.41, 5.74) is -0.232. The smallest absolute Gasteiger partial charge is 0.296 e. The second-order valence-electron chi connectivity index (χ2n) is 9.27. The van der Waals surface area contributed by atoms with Crippen molar-refractivity contribution in [1.29, 1.82) is 0 Å². The summed E-state index contributed by atoms with van der Waals surface area (Å²) in [6.45, 7) is 3.99. The van der Waals surface area contributed by atoms with E-state index in [1.165, 1.54) is 55.2 Å². The molecule has 4 rings (SSSR count). The van der Waals surface area contributed by atoms with Crippen molar-refractivity contribution < 1.29 is 27.4 Å². The van der Waals surface area contributed by atoms with E-state index in [2.05, 4.69) is 4.98 Å². The number of nitrogens with zero attached hydrogens (tertiary/aromatic N) is 2. The fraction of sp³-hybridized carbons (Fsp3) is 0.241. The second-order valence-corrected chi connectivity index (χ2v) is 11.1. The van der Waals surface area contributed by atoms with E-state index in [-0.39, 0.29) is 45.8 Å². The van der Waals surface area contributed by atoms with Gasteiger partial charge in [-0.15, -0.1) is 0 Å². The van der Waals surface area contributed by atoms with Crippen LogP contribution in [0, 0.1) is 11.7 Å². The second kappa shape index (κ2) is 11.3. The molecule has 3 aromatic carbocycles. The standard InChI is InChI=1S/C29H29FN2O6S/c1-18(2)12-17-25-31-28(33)27(29(34)32(25)26-22(37-3)9-7-10-23(26)38-4)39(35,36)24-11-6-5-8-21(24)19-13-15-20(30)16-14-19/h5-11,13-16,18,34H,12,17H2,1-4H3. The maximum atomic E-state index is 14.1. The highest BCUT2D eigenvalue weighted by molar-refractivity contribution is 7.91. The van der Waals surface area contributed by atoms with Crippen molar-refractivity contribution >= 4 is 9.84 Å². The summed E-state index contributed by atoms with van der Waals surface area (Å²) in [6, 6.07) is 16.2. The number of aromatic hydroxyl groups is 1. The van der Waals surface area contributed by atoms with Crippen LogP contribution in [0.2, 0.25) is 0 Å². The van der Waals surface area contributed by atoms with Crippen LogP contribution in [0.4, 0.5) is 4.39 Å². The summed E-state index contributed by atoms with van der Waals surface area (Å²) >= 11 is 0. The van der Waals surface area contributed by atoms with Gasteiger partial charge in [0.1, 0.15) is 28.8 Å². The molecule has 39 heavy (non-hydrogen) atoms. The molecule has 1 N–H and O–H groups in total. The van der Waals surface area contributed by atoms with Crippen LogP contribution < -0.4 is 15.0 Å². The van der Waals surface area contributed by atoms with Crippen LogP contribution >= 0.6 is 0 Å². The Balaban J connectivity index is 2.04. The summed E-state index contributed by atoms with van der Waals surface area (Å²) in [4.78, 5) is 16.4. The van der Waals surface area contributed by atoms with Crippen molar-refractivity contribution in [3.8, 4) is 34.2 Å². The van der Waals surface area contributed by atoms with Crippen LogP contribution in [0.15, 0.2) is 81.3 Å². The number of halogens is 1. The van der Waals surface area contributed by atoms with Gasteiger partial charge in [-0.05, 0) is 48.2 Å². The minimum atomic E-state index is -4.63. The lowest BCUT2D eigenvalue weighted by Gasteiger charge is -2.21. The Morgan fingerprint density at radius 2 is 1.56 bits per heavy atom. The molecule has 0 aliphatic carbocycles. The molecule has 0 unspecified atom stereocenters. The lowest BCUT2D eigenvalue weighted by Crippen LogP contribution is -2.25. The van der Waals surface area contributed by atoms with Gasteiger partial charge in [-0.25, -0.2) is 12.8 Å². The lowest BCUT2D eigenvalue weighted by atomic mass is 10.1. The van der Waals surface area contributed by atoms with Crippen molar-refractivity contribution in [2.75, 3.05) is 14.2 Å². The molecule has 0 saturated carbocycles. The Morgan fingerprint density at radius 3 is 2.15 bits per heavy atom. The number of methoxy groups -OCH3 is 2. The van der Waals surface area contributed by atoms with Gasteiger partial charge in [0.05, 0.1) is 19.1 Å². The van der Waals surface area contributed by atoms with Crippen molar-refractivity contribution in [3.63, 3.8) is 0 Å². The normalized spacial score (nSPS) is 11.5. The zero-order chi connectivity index (χ0) is 28.3. The first-order chi connectivity index (χ1) is 18.6. The van der Waals surface area contributed by atoms with Gasteiger partial charge in [-0.3, -0.25) is 9.36 Å². The molecule has 1 heterocycles. The van der Waals surface area contributed by atoms with E-state index in [0.29, 0.717) is 12.0 Å². The minimum Gasteiger partial charge on any atom is -0.494 e. The Hall–Kier alpha value is -4.18. The molecule has 0 fully saturated rings. The number of hydrogen-bond acceptors (Lipinski definition) is 7. The van der Waals surface area contributed by atoms with Gasteiger partial charge in [-0.2, -0.15) is 4.98 Å². The van der Waals surface area contributed by atoms with Crippen molar-refractivity contribution in [2.45, 2.75) is 36.5 Å². The highest BCUT2D eigenvalue weighted by Gasteiger charge is 2.33. The SMILES string of the molecule is COc1cccc(OC)c1-n1c(CCC(C)C)nc(=O)c(S(=O)(=O)c2ccccc2-c2ccc(F)cc2)c1O. The predicted molar refractivity (Wildman–Crippen MR) is 145 cm³/mol. The predicted octanol–water partition coefficient (Wildman–Crippen LogP) is 5.18. The number of ether oxygens (including phenoxy) is 2. The third-order valence-corrected chi connectivity index (χ3v) is 8.10. The third kappa shape index (κ3) is 5.37. The minimum absolute atomic E-state index is 0.153. The number of aromatic nitrogens is 2. The average molecular weight is 553 g/mol. The maximum Gasteiger partial charge on any atom is 0.296 e. The van der Waals surface area contributed by atoms with Crippen LogP contribution in [0.3, 0.4) is 0 Å². The van der Waals surface area contributed by atoms with Crippen LogP contribution in [-0.2, 0) is 16.3 Å². The molecular weight excluding hydrogens is 523 g/mol. The van der Waals surface area contributed by atoms with Crippen LogP contribution in [0.5, 0.6) is 17.4 Å². The lowest BCUT2D eigenvalue weighted by molar-refractivity contribution is 0.373. The largest absolute Gasteiger partial charge is 0.494 e. The van der Waals surface area contributed by atoms with E-state index in [0.717, 1.165) is 0 Å². The molecule has 8 nitrogen and oxygen atoms in total. The van der Waals surface area contributed by atoms with Crippen LogP contribution in [0.1, 0.15) is 26.1 Å². The quantitative estimate of drug-likeness (QED) is 0.305. The van der Waals surface area contributed by atoms with E-state index in [9.17, 15) is 22.7 Å². The Morgan fingerprint density at radius 1 is 0.949 bits per heavy atom. The molecular formula is C29H29FN2O6S. The molecule has 0 spiro atoms. The summed E-state index contributed by atoms with van der Waals surface area (Å²) in [7, 11) is -1.78. The third-order valence-electron chi connectivity index (χ3n) is 6.27. The molecule has 204 valence electrons. The highest BCUT2D eigenvalue weighted by atomic mass is 32.2. The number of sulfone groups is 1.